The van der Waals surface area contributed by atoms with Gasteiger partial charge in [0.15, 0.2) is 0 Å². The SMILES string of the molecule is CN(CC(=O)OCc1cccc(C#N)c1)S(=O)(=O)c1ccc(F)cc1. The van der Waals surface area contributed by atoms with E-state index in [9.17, 15) is 17.6 Å². The maximum Gasteiger partial charge on any atom is 0.321 e. The van der Waals surface area contributed by atoms with Gasteiger partial charge in [-0.15, -0.1) is 0 Å². The molecule has 0 saturated heterocycles. The average Bonchev–Trinajstić information content (AvgIpc) is 2.60. The molecule has 6 nitrogen and oxygen atoms in total. The fourth-order valence-corrected chi connectivity index (χ4v) is 3.11. The van der Waals surface area contributed by atoms with Crippen molar-refractivity contribution >= 4 is 16.0 Å². The Morgan fingerprint density at radius 3 is 2.56 bits per heavy atom. The van der Waals surface area contributed by atoms with Crippen LogP contribution in [-0.4, -0.2) is 32.3 Å². The molecular weight excluding hydrogens is 347 g/mol. The van der Waals surface area contributed by atoms with Crippen LogP contribution in [-0.2, 0) is 26.2 Å². The third kappa shape index (κ3) is 4.86. The predicted octanol–water partition coefficient (Wildman–Crippen LogP) is 2.06. The van der Waals surface area contributed by atoms with Crippen LogP contribution in [0.1, 0.15) is 11.1 Å². The molecule has 2 aromatic carbocycles. The van der Waals surface area contributed by atoms with Crippen molar-refractivity contribution in [1.82, 2.24) is 4.31 Å². The number of sulfonamides is 1. The van der Waals surface area contributed by atoms with Gasteiger partial charge < -0.3 is 4.74 Å². The lowest BCUT2D eigenvalue weighted by molar-refractivity contribution is -0.144. The van der Waals surface area contributed by atoms with E-state index >= 15 is 0 Å². The van der Waals surface area contributed by atoms with Crippen LogP contribution in [0.4, 0.5) is 4.39 Å². The van der Waals surface area contributed by atoms with Crippen molar-refractivity contribution in [2.24, 2.45) is 0 Å². The molecule has 0 saturated carbocycles. The number of hydrogen-bond donors (Lipinski definition) is 0. The summed E-state index contributed by atoms with van der Waals surface area (Å²) in [6.07, 6.45) is 0. The highest BCUT2D eigenvalue weighted by atomic mass is 32.2. The maximum absolute atomic E-state index is 12.9. The number of carbonyl (C=O) groups is 1. The molecule has 25 heavy (non-hydrogen) atoms. The zero-order chi connectivity index (χ0) is 18.4. The largest absolute Gasteiger partial charge is 0.460 e. The smallest absolute Gasteiger partial charge is 0.321 e. The van der Waals surface area contributed by atoms with E-state index in [2.05, 4.69) is 0 Å². The quantitative estimate of drug-likeness (QED) is 0.734. The first-order chi connectivity index (χ1) is 11.8. The van der Waals surface area contributed by atoms with Crippen molar-refractivity contribution in [3.05, 3.63) is 65.5 Å². The van der Waals surface area contributed by atoms with Gasteiger partial charge >= 0.3 is 5.97 Å². The molecule has 0 unspecified atom stereocenters. The van der Waals surface area contributed by atoms with Crippen LogP contribution >= 0.6 is 0 Å². The van der Waals surface area contributed by atoms with Crippen LogP contribution in [0.3, 0.4) is 0 Å². The number of esters is 1. The Balaban J connectivity index is 1.97. The Morgan fingerprint density at radius 2 is 1.92 bits per heavy atom. The maximum atomic E-state index is 12.9. The molecule has 0 aliphatic rings. The summed E-state index contributed by atoms with van der Waals surface area (Å²) in [7, 11) is -2.69. The topological polar surface area (TPSA) is 87.5 Å². The van der Waals surface area contributed by atoms with E-state index < -0.39 is 28.4 Å². The molecule has 0 radical (unpaired) electrons. The summed E-state index contributed by atoms with van der Waals surface area (Å²) in [5.74, 6) is -1.30. The van der Waals surface area contributed by atoms with Crippen molar-refractivity contribution in [1.29, 1.82) is 5.26 Å². The van der Waals surface area contributed by atoms with E-state index in [0.29, 0.717) is 11.1 Å². The van der Waals surface area contributed by atoms with Crippen LogP contribution in [0.25, 0.3) is 0 Å². The van der Waals surface area contributed by atoms with E-state index in [-0.39, 0.29) is 11.5 Å². The van der Waals surface area contributed by atoms with E-state index in [4.69, 9.17) is 10.00 Å². The normalized spacial score (nSPS) is 11.1. The summed E-state index contributed by atoms with van der Waals surface area (Å²) >= 11 is 0. The van der Waals surface area contributed by atoms with Gasteiger partial charge in [-0.25, -0.2) is 12.8 Å². The first kappa shape index (κ1) is 18.6. The van der Waals surface area contributed by atoms with Gasteiger partial charge in [-0.05, 0) is 42.0 Å². The number of halogens is 1. The second-order valence-electron chi connectivity index (χ2n) is 5.19. The highest BCUT2D eigenvalue weighted by molar-refractivity contribution is 7.89. The predicted molar refractivity (Wildman–Crippen MR) is 87.2 cm³/mol. The number of likely N-dealkylation sites (N-methyl/N-ethyl adjacent to an activating group) is 1. The molecule has 0 atom stereocenters. The van der Waals surface area contributed by atoms with Crippen LogP contribution in [0, 0.1) is 17.1 Å². The molecule has 0 N–H and O–H groups in total. The Hall–Kier alpha value is -2.76. The summed E-state index contributed by atoms with van der Waals surface area (Å²) in [5.41, 5.74) is 1.06. The molecular formula is C17H15FN2O4S. The van der Waals surface area contributed by atoms with Crippen molar-refractivity contribution in [3.63, 3.8) is 0 Å². The Bertz CT molecular complexity index is 905. The zero-order valence-electron chi connectivity index (χ0n) is 13.3. The number of hydrogen-bond acceptors (Lipinski definition) is 5. The van der Waals surface area contributed by atoms with E-state index in [1.165, 1.54) is 7.05 Å². The lowest BCUT2D eigenvalue weighted by Gasteiger charge is -2.16. The highest BCUT2D eigenvalue weighted by Crippen LogP contribution is 2.15. The third-order valence-electron chi connectivity index (χ3n) is 3.33. The molecule has 0 amide bonds. The fraction of sp³-hybridized carbons (Fsp3) is 0.176. The van der Waals surface area contributed by atoms with Crippen LogP contribution in [0.15, 0.2) is 53.4 Å². The lowest BCUT2D eigenvalue weighted by atomic mass is 10.1. The second kappa shape index (κ2) is 7.88. The Kier molecular flexibility index (Phi) is 5.85. The molecule has 130 valence electrons. The van der Waals surface area contributed by atoms with Crippen LogP contribution in [0.5, 0.6) is 0 Å². The minimum atomic E-state index is -3.92. The fourth-order valence-electron chi connectivity index (χ4n) is 1.99. The molecule has 2 aromatic rings. The molecule has 0 spiro atoms. The van der Waals surface area contributed by atoms with Crippen molar-refractivity contribution < 1.29 is 22.3 Å². The first-order valence-corrected chi connectivity index (χ1v) is 8.63. The van der Waals surface area contributed by atoms with E-state index in [0.717, 1.165) is 28.6 Å². The van der Waals surface area contributed by atoms with Gasteiger partial charge in [-0.2, -0.15) is 9.57 Å². The number of benzene rings is 2. The summed E-state index contributed by atoms with van der Waals surface area (Å²) in [6, 6.07) is 12.8. The molecule has 0 aliphatic heterocycles. The lowest BCUT2D eigenvalue weighted by Crippen LogP contribution is -2.33. The van der Waals surface area contributed by atoms with Gasteiger partial charge in [0.25, 0.3) is 0 Å². The molecule has 0 heterocycles. The monoisotopic (exact) mass is 362 g/mol. The summed E-state index contributed by atoms with van der Waals surface area (Å²) < 4.78 is 43.4. The standard InChI is InChI=1S/C17H15FN2O4S/c1-20(25(22,23)16-7-5-15(18)6-8-16)11-17(21)24-12-14-4-2-3-13(9-14)10-19/h2-9H,11-12H2,1H3. The number of rotatable bonds is 6. The van der Waals surface area contributed by atoms with Gasteiger partial charge in [-0.3, -0.25) is 4.79 Å². The van der Waals surface area contributed by atoms with Crippen LogP contribution in [0.2, 0.25) is 0 Å². The second-order valence-corrected chi connectivity index (χ2v) is 7.23. The number of nitriles is 1. The van der Waals surface area contributed by atoms with Crippen molar-refractivity contribution in [2.75, 3.05) is 13.6 Å². The highest BCUT2D eigenvalue weighted by Gasteiger charge is 2.23. The van der Waals surface area contributed by atoms with E-state index in [1.807, 2.05) is 6.07 Å². The minimum Gasteiger partial charge on any atom is -0.460 e. The third-order valence-corrected chi connectivity index (χ3v) is 5.15. The molecule has 0 fully saturated rings. The van der Waals surface area contributed by atoms with Crippen molar-refractivity contribution in [3.8, 4) is 6.07 Å². The van der Waals surface area contributed by atoms with Gasteiger partial charge in [-0.1, -0.05) is 12.1 Å². The average molecular weight is 362 g/mol. The summed E-state index contributed by atoms with van der Waals surface area (Å²) in [5, 5.41) is 8.82. The van der Waals surface area contributed by atoms with Crippen molar-refractivity contribution in [2.45, 2.75) is 11.5 Å². The Morgan fingerprint density at radius 1 is 1.24 bits per heavy atom. The first-order valence-electron chi connectivity index (χ1n) is 7.19. The number of carbonyl (C=O) groups excluding carboxylic acids is 1. The van der Waals surface area contributed by atoms with Gasteiger partial charge in [0, 0.05) is 7.05 Å². The molecule has 0 aromatic heterocycles. The minimum absolute atomic E-state index is 0.0706. The van der Waals surface area contributed by atoms with E-state index in [1.54, 1.807) is 24.3 Å². The van der Waals surface area contributed by atoms with Gasteiger partial charge in [0.2, 0.25) is 10.0 Å². The molecule has 0 aliphatic carbocycles. The molecule has 2 rings (SSSR count). The summed E-state index contributed by atoms with van der Waals surface area (Å²) in [4.78, 5) is 11.7. The van der Waals surface area contributed by atoms with Gasteiger partial charge in [0.1, 0.15) is 19.0 Å². The van der Waals surface area contributed by atoms with Gasteiger partial charge in [0.05, 0.1) is 16.5 Å². The zero-order valence-corrected chi connectivity index (χ0v) is 14.2. The molecule has 0 bridgehead atoms. The Labute approximate surface area is 145 Å². The number of nitrogens with zero attached hydrogens (tertiary/aromatic N) is 2. The summed E-state index contributed by atoms with van der Waals surface area (Å²) in [6.45, 7) is -0.559. The number of ether oxygens (including phenoxy) is 1. The molecule has 8 heteroatoms. The van der Waals surface area contributed by atoms with Crippen LogP contribution < -0.4 is 0 Å².